The number of nitrogens with one attached hydrogen (secondary N) is 1. The molecule has 3 rings (SSSR count). The maximum Gasteiger partial charge on any atom is 0.416 e. The average molecular weight is 408 g/mol. The van der Waals surface area contributed by atoms with Crippen LogP contribution >= 0.6 is 11.9 Å². The molecule has 1 N–H and O–H groups in total. The first-order valence-electron chi connectivity index (χ1n) is 8.69. The lowest BCUT2D eigenvalue weighted by Crippen LogP contribution is -2.06. The minimum atomic E-state index is -4.36. The second kappa shape index (κ2) is 10.2. The molecule has 1 heterocycles. The van der Waals surface area contributed by atoms with Crippen LogP contribution in [0.4, 0.5) is 17.6 Å². The molecule has 0 saturated heterocycles. The average Bonchev–Trinajstić information content (AvgIpc) is 2.70. The van der Waals surface area contributed by atoms with Crippen molar-refractivity contribution in [2.24, 2.45) is 0 Å². The van der Waals surface area contributed by atoms with Gasteiger partial charge in [-0.1, -0.05) is 38.1 Å². The van der Waals surface area contributed by atoms with Crippen LogP contribution in [0.5, 0.6) is 0 Å². The molecule has 0 aliphatic carbocycles. The highest BCUT2D eigenvalue weighted by molar-refractivity contribution is 7.97. The van der Waals surface area contributed by atoms with Gasteiger partial charge in [0.25, 0.3) is 0 Å². The number of benzene rings is 2. The zero-order chi connectivity index (χ0) is 20.6. The summed E-state index contributed by atoms with van der Waals surface area (Å²) in [5.41, 5.74) is 1.37. The van der Waals surface area contributed by atoms with E-state index in [0.717, 1.165) is 35.8 Å². The zero-order valence-electron chi connectivity index (χ0n) is 15.4. The molecule has 0 spiro atoms. The lowest BCUT2D eigenvalue weighted by Gasteiger charge is -2.10. The van der Waals surface area contributed by atoms with Gasteiger partial charge in [0.15, 0.2) is 0 Å². The molecule has 0 amide bonds. The molecule has 0 aliphatic rings. The van der Waals surface area contributed by atoms with Crippen molar-refractivity contribution in [2.45, 2.75) is 31.5 Å². The molecule has 7 heteroatoms. The van der Waals surface area contributed by atoms with Crippen LogP contribution in [0.3, 0.4) is 0 Å². The van der Waals surface area contributed by atoms with Gasteiger partial charge in [0.1, 0.15) is 5.82 Å². The van der Waals surface area contributed by atoms with Crippen molar-refractivity contribution in [3.05, 3.63) is 83.9 Å². The normalized spacial score (nSPS) is 10.9. The molecule has 0 fully saturated rings. The maximum absolute atomic E-state index is 13.8. The monoisotopic (exact) mass is 408 g/mol. The third kappa shape index (κ3) is 6.07. The van der Waals surface area contributed by atoms with Gasteiger partial charge in [-0.05, 0) is 53.4 Å². The first-order valence-corrected chi connectivity index (χ1v) is 9.51. The summed E-state index contributed by atoms with van der Waals surface area (Å²) in [4.78, 5) is 4.20. The minimum absolute atomic E-state index is 0.407. The van der Waals surface area contributed by atoms with Crippen LogP contribution in [0.15, 0.2) is 71.9 Å². The standard InChI is InChI=1S/C19H14F4N2S.C2H6/c20-18-12-24-8-7-17(18)14-4-1-3-13(9-14)11-25-26-16-6-2-5-15(10-16)19(21,22)23;1-2/h1-10,12,25H,11H2;1-2H3. The lowest BCUT2D eigenvalue weighted by molar-refractivity contribution is -0.137. The minimum Gasteiger partial charge on any atom is -0.262 e. The van der Waals surface area contributed by atoms with E-state index in [2.05, 4.69) is 9.71 Å². The molecule has 1 aromatic heterocycles. The molecule has 0 bridgehead atoms. The Morgan fingerprint density at radius 2 is 1.75 bits per heavy atom. The van der Waals surface area contributed by atoms with Crippen molar-refractivity contribution in [2.75, 3.05) is 0 Å². The van der Waals surface area contributed by atoms with E-state index in [-0.39, 0.29) is 0 Å². The van der Waals surface area contributed by atoms with Crippen LogP contribution < -0.4 is 4.72 Å². The van der Waals surface area contributed by atoms with Crippen LogP contribution in [0.1, 0.15) is 25.0 Å². The Balaban J connectivity index is 0.00000136. The second-order valence-electron chi connectivity index (χ2n) is 5.50. The number of hydrogen-bond donors (Lipinski definition) is 1. The Bertz CT molecular complexity index is 897. The predicted molar refractivity (Wildman–Crippen MR) is 105 cm³/mol. The molecule has 148 valence electrons. The highest BCUT2D eigenvalue weighted by Gasteiger charge is 2.30. The van der Waals surface area contributed by atoms with Crippen molar-refractivity contribution in [3.63, 3.8) is 0 Å². The molecule has 0 aliphatic heterocycles. The van der Waals surface area contributed by atoms with Crippen LogP contribution in [-0.4, -0.2) is 4.98 Å². The van der Waals surface area contributed by atoms with Crippen LogP contribution in [0.2, 0.25) is 0 Å². The summed E-state index contributed by atoms with van der Waals surface area (Å²) < 4.78 is 55.1. The summed E-state index contributed by atoms with van der Waals surface area (Å²) in [6, 6.07) is 14.0. The highest BCUT2D eigenvalue weighted by Crippen LogP contribution is 2.31. The molecule has 28 heavy (non-hydrogen) atoms. The number of pyridine rings is 1. The largest absolute Gasteiger partial charge is 0.416 e. The Morgan fingerprint density at radius 1 is 1.00 bits per heavy atom. The molecule has 0 unspecified atom stereocenters. The smallest absolute Gasteiger partial charge is 0.262 e. The number of nitrogens with zero attached hydrogens (tertiary/aromatic N) is 1. The summed E-state index contributed by atoms with van der Waals surface area (Å²) in [5, 5.41) is 0. The van der Waals surface area contributed by atoms with Gasteiger partial charge in [0.2, 0.25) is 0 Å². The fourth-order valence-electron chi connectivity index (χ4n) is 2.40. The van der Waals surface area contributed by atoms with E-state index in [4.69, 9.17) is 0 Å². The molecular weight excluding hydrogens is 388 g/mol. The molecule has 2 aromatic carbocycles. The molecular formula is C21H20F4N2S. The SMILES string of the molecule is CC.Fc1cnccc1-c1cccc(CNSc2cccc(C(F)(F)F)c2)c1. The molecule has 2 nitrogen and oxygen atoms in total. The summed E-state index contributed by atoms with van der Waals surface area (Å²) >= 11 is 1.12. The third-order valence-corrected chi connectivity index (χ3v) is 4.42. The van der Waals surface area contributed by atoms with Crippen molar-refractivity contribution in [1.29, 1.82) is 0 Å². The number of hydrogen-bond acceptors (Lipinski definition) is 3. The van der Waals surface area contributed by atoms with Crippen molar-refractivity contribution < 1.29 is 17.6 Å². The van der Waals surface area contributed by atoms with E-state index in [0.29, 0.717) is 22.6 Å². The number of rotatable bonds is 5. The first-order chi connectivity index (χ1) is 13.4. The van der Waals surface area contributed by atoms with Gasteiger partial charge in [0, 0.05) is 23.2 Å². The van der Waals surface area contributed by atoms with E-state index in [1.807, 2.05) is 26.0 Å². The predicted octanol–water partition coefficient (Wildman–Crippen LogP) is 6.73. The van der Waals surface area contributed by atoms with Gasteiger partial charge in [-0.15, -0.1) is 0 Å². The summed E-state index contributed by atoms with van der Waals surface area (Å²) in [5.74, 6) is -0.407. The quantitative estimate of drug-likeness (QED) is 0.374. The van der Waals surface area contributed by atoms with E-state index < -0.39 is 17.6 Å². The topological polar surface area (TPSA) is 24.9 Å². The zero-order valence-corrected chi connectivity index (χ0v) is 16.2. The van der Waals surface area contributed by atoms with Gasteiger partial charge < -0.3 is 0 Å². The van der Waals surface area contributed by atoms with Crippen molar-refractivity contribution in [3.8, 4) is 11.1 Å². The third-order valence-electron chi connectivity index (χ3n) is 3.64. The number of aromatic nitrogens is 1. The van der Waals surface area contributed by atoms with E-state index in [1.165, 1.54) is 12.3 Å². The molecule has 0 radical (unpaired) electrons. The highest BCUT2D eigenvalue weighted by atomic mass is 32.2. The fourth-order valence-corrected chi connectivity index (χ4v) is 3.13. The maximum atomic E-state index is 13.8. The van der Waals surface area contributed by atoms with Crippen LogP contribution in [0, 0.1) is 5.82 Å². The lowest BCUT2D eigenvalue weighted by atomic mass is 10.0. The van der Waals surface area contributed by atoms with E-state index >= 15 is 0 Å². The summed E-state index contributed by atoms with van der Waals surface area (Å²) in [6.07, 6.45) is -1.68. The van der Waals surface area contributed by atoms with Gasteiger partial charge >= 0.3 is 6.18 Å². The Hall–Kier alpha value is -2.38. The number of alkyl halides is 3. The van der Waals surface area contributed by atoms with Crippen LogP contribution in [0.25, 0.3) is 11.1 Å². The van der Waals surface area contributed by atoms with Gasteiger partial charge in [0.05, 0.1) is 11.8 Å². The van der Waals surface area contributed by atoms with Crippen molar-refractivity contribution in [1.82, 2.24) is 9.71 Å². The second-order valence-corrected chi connectivity index (χ2v) is 6.47. The van der Waals surface area contributed by atoms with Gasteiger partial charge in [-0.3, -0.25) is 9.71 Å². The molecule has 0 atom stereocenters. The number of halogens is 4. The first kappa shape index (κ1) is 21.9. The molecule has 0 saturated carbocycles. The van der Waals surface area contributed by atoms with Crippen molar-refractivity contribution >= 4 is 11.9 Å². The Kier molecular flexibility index (Phi) is 8.02. The van der Waals surface area contributed by atoms with Gasteiger partial charge in [-0.2, -0.15) is 13.2 Å². The fraction of sp³-hybridized carbons (Fsp3) is 0.190. The van der Waals surface area contributed by atoms with Gasteiger partial charge in [-0.25, -0.2) is 4.39 Å². The summed E-state index contributed by atoms with van der Waals surface area (Å²) in [7, 11) is 0. The summed E-state index contributed by atoms with van der Waals surface area (Å²) in [6.45, 7) is 4.42. The Morgan fingerprint density at radius 3 is 2.46 bits per heavy atom. The van der Waals surface area contributed by atoms with E-state index in [9.17, 15) is 17.6 Å². The van der Waals surface area contributed by atoms with E-state index in [1.54, 1.807) is 24.3 Å². The van der Waals surface area contributed by atoms with Crippen LogP contribution in [-0.2, 0) is 12.7 Å². The Labute approximate surface area is 166 Å². The molecule has 3 aromatic rings.